The fourth-order valence-electron chi connectivity index (χ4n) is 3.13. The molecule has 3 aromatic carbocycles. The lowest BCUT2D eigenvalue weighted by molar-refractivity contribution is -0.111. The summed E-state index contributed by atoms with van der Waals surface area (Å²) in [4.78, 5) is 12.4. The number of carbonyl (C=O) groups excluding carboxylic acids is 1. The van der Waals surface area contributed by atoms with Gasteiger partial charge in [-0.1, -0.05) is 18.2 Å². The fraction of sp³-hybridized carbons (Fsp3) is 0.0400. The van der Waals surface area contributed by atoms with Gasteiger partial charge in [0.1, 0.15) is 5.75 Å². The van der Waals surface area contributed by atoms with E-state index in [0.29, 0.717) is 22.7 Å². The number of hydrogen-bond acceptors (Lipinski definition) is 5. The molecule has 8 nitrogen and oxygen atoms in total. The van der Waals surface area contributed by atoms with Gasteiger partial charge in [-0.2, -0.15) is 5.10 Å². The predicted octanol–water partition coefficient (Wildman–Crippen LogP) is 4.33. The molecule has 0 bridgehead atoms. The van der Waals surface area contributed by atoms with Crippen molar-refractivity contribution in [2.45, 2.75) is 4.90 Å². The van der Waals surface area contributed by atoms with Gasteiger partial charge in [0.2, 0.25) is 5.91 Å². The summed E-state index contributed by atoms with van der Waals surface area (Å²) in [5.41, 5.74) is 2.57. The van der Waals surface area contributed by atoms with E-state index in [4.69, 9.17) is 4.74 Å². The van der Waals surface area contributed by atoms with Crippen molar-refractivity contribution >= 4 is 33.4 Å². The van der Waals surface area contributed by atoms with Crippen molar-refractivity contribution in [1.82, 2.24) is 9.78 Å². The molecule has 1 amide bonds. The second kappa shape index (κ2) is 10.1. The van der Waals surface area contributed by atoms with Crippen molar-refractivity contribution in [3.63, 3.8) is 0 Å². The molecule has 0 aliphatic heterocycles. The minimum atomic E-state index is -3.75. The van der Waals surface area contributed by atoms with Gasteiger partial charge in [-0.15, -0.1) is 0 Å². The Bertz CT molecular complexity index is 1400. The number of methoxy groups -OCH3 is 1. The van der Waals surface area contributed by atoms with Crippen molar-refractivity contribution in [1.29, 1.82) is 0 Å². The first kappa shape index (κ1) is 22.8. The Labute approximate surface area is 197 Å². The molecule has 4 rings (SSSR count). The largest absolute Gasteiger partial charge is 0.497 e. The quantitative estimate of drug-likeness (QED) is 0.370. The van der Waals surface area contributed by atoms with E-state index in [9.17, 15) is 13.2 Å². The van der Waals surface area contributed by atoms with Gasteiger partial charge in [0.05, 0.1) is 17.7 Å². The molecule has 2 N–H and O–H groups in total. The number of nitrogens with one attached hydrogen (secondary N) is 2. The second-order valence-electron chi connectivity index (χ2n) is 7.23. The van der Waals surface area contributed by atoms with Crippen molar-refractivity contribution in [3.8, 4) is 11.4 Å². The van der Waals surface area contributed by atoms with Gasteiger partial charge in [0, 0.05) is 29.8 Å². The molecule has 172 valence electrons. The van der Waals surface area contributed by atoms with Crippen LogP contribution in [0, 0.1) is 0 Å². The van der Waals surface area contributed by atoms with Crippen LogP contribution >= 0.6 is 0 Å². The van der Waals surface area contributed by atoms with Crippen LogP contribution in [0.15, 0.2) is 102 Å². The number of sulfonamides is 1. The van der Waals surface area contributed by atoms with Crippen molar-refractivity contribution in [2.75, 3.05) is 17.1 Å². The molecule has 0 saturated carbocycles. The highest BCUT2D eigenvalue weighted by Crippen LogP contribution is 2.20. The summed E-state index contributed by atoms with van der Waals surface area (Å²) < 4.78 is 34.5. The summed E-state index contributed by atoms with van der Waals surface area (Å²) in [6.45, 7) is 0. The van der Waals surface area contributed by atoms with E-state index in [1.807, 2.05) is 30.5 Å². The number of aromatic nitrogens is 2. The lowest BCUT2D eigenvalue weighted by Gasteiger charge is -2.09. The van der Waals surface area contributed by atoms with Gasteiger partial charge in [-0.05, 0) is 72.3 Å². The SMILES string of the molecule is COc1ccc(NS(=O)(=O)c2ccc(C=CC(=O)Nc3cccc(-n4cccn4)c3)cc2)cc1. The molecule has 34 heavy (non-hydrogen) atoms. The summed E-state index contributed by atoms with van der Waals surface area (Å²) in [7, 11) is -2.20. The Kier molecular flexibility index (Phi) is 6.74. The number of ether oxygens (including phenoxy) is 1. The van der Waals surface area contributed by atoms with E-state index in [2.05, 4.69) is 15.1 Å². The molecule has 0 fully saturated rings. The third-order valence-electron chi connectivity index (χ3n) is 4.84. The number of carbonyl (C=O) groups is 1. The Morgan fingerprint density at radius 2 is 1.74 bits per heavy atom. The molecule has 0 aliphatic rings. The maximum absolute atomic E-state index is 12.6. The summed E-state index contributed by atoms with van der Waals surface area (Å²) in [6, 6.07) is 21.9. The molecule has 0 atom stereocenters. The molecule has 0 unspecified atom stereocenters. The third-order valence-corrected chi connectivity index (χ3v) is 6.24. The highest BCUT2D eigenvalue weighted by molar-refractivity contribution is 7.92. The molecule has 0 spiro atoms. The topological polar surface area (TPSA) is 102 Å². The Hall–Kier alpha value is -4.37. The van der Waals surface area contributed by atoms with Crippen LogP contribution in [0.4, 0.5) is 11.4 Å². The highest BCUT2D eigenvalue weighted by Gasteiger charge is 2.14. The third kappa shape index (κ3) is 5.70. The average molecular weight is 475 g/mol. The second-order valence-corrected chi connectivity index (χ2v) is 8.91. The zero-order valence-electron chi connectivity index (χ0n) is 18.3. The monoisotopic (exact) mass is 474 g/mol. The normalized spacial score (nSPS) is 11.3. The van der Waals surface area contributed by atoms with Crippen LogP contribution in [0.25, 0.3) is 11.8 Å². The van der Waals surface area contributed by atoms with Gasteiger partial charge in [-0.25, -0.2) is 13.1 Å². The molecular weight excluding hydrogens is 452 g/mol. The van der Waals surface area contributed by atoms with E-state index in [0.717, 1.165) is 5.69 Å². The first-order valence-corrected chi connectivity index (χ1v) is 11.8. The van der Waals surface area contributed by atoms with Crippen LogP contribution < -0.4 is 14.8 Å². The van der Waals surface area contributed by atoms with E-state index >= 15 is 0 Å². The fourth-order valence-corrected chi connectivity index (χ4v) is 4.19. The van der Waals surface area contributed by atoms with Crippen LogP contribution in [0.3, 0.4) is 0 Å². The number of benzene rings is 3. The highest BCUT2D eigenvalue weighted by atomic mass is 32.2. The molecule has 1 aromatic heterocycles. The maximum atomic E-state index is 12.6. The van der Waals surface area contributed by atoms with Crippen LogP contribution in [0.5, 0.6) is 5.75 Å². The van der Waals surface area contributed by atoms with Gasteiger partial charge in [-0.3, -0.25) is 9.52 Å². The first-order valence-electron chi connectivity index (χ1n) is 10.3. The first-order chi connectivity index (χ1) is 16.4. The van der Waals surface area contributed by atoms with Crippen LogP contribution in [0.1, 0.15) is 5.56 Å². The Morgan fingerprint density at radius 1 is 0.971 bits per heavy atom. The zero-order chi connectivity index (χ0) is 24.0. The Balaban J connectivity index is 1.38. The maximum Gasteiger partial charge on any atom is 0.261 e. The number of anilines is 2. The van der Waals surface area contributed by atoms with Crippen molar-refractivity contribution in [2.24, 2.45) is 0 Å². The minimum absolute atomic E-state index is 0.111. The molecular formula is C25H22N4O4S. The molecule has 0 saturated heterocycles. The number of rotatable bonds is 8. The molecule has 9 heteroatoms. The van der Waals surface area contributed by atoms with Crippen LogP contribution in [-0.4, -0.2) is 31.2 Å². The lowest BCUT2D eigenvalue weighted by atomic mass is 10.2. The van der Waals surface area contributed by atoms with E-state index in [-0.39, 0.29) is 10.8 Å². The number of hydrogen-bond donors (Lipinski definition) is 2. The van der Waals surface area contributed by atoms with Gasteiger partial charge >= 0.3 is 0 Å². The molecule has 4 aromatic rings. The standard InChI is InChI=1S/C25H22N4O4S/c1-33-23-11-9-20(10-12-23)28-34(31,32)24-13-6-19(7-14-24)8-15-25(30)27-21-4-2-5-22(18-21)29-17-3-16-26-29/h2-18,28H,1H3,(H,27,30). The lowest BCUT2D eigenvalue weighted by Crippen LogP contribution is -2.12. The molecule has 0 radical (unpaired) electrons. The zero-order valence-corrected chi connectivity index (χ0v) is 19.1. The average Bonchev–Trinajstić information content (AvgIpc) is 3.39. The van der Waals surface area contributed by atoms with Crippen molar-refractivity contribution < 1.29 is 17.9 Å². The molecule has 1 heterocycles. The molecule has 0 aliphatic carbocycles. The van der Waals surface area contributed by atoms with Gasteiger partial charge < -0.3 is 10.1 Å². The smallest absolute Gasteiger partial charge is 0.261 e. The summed E-state index contributed by atoms with van der Waals surface area (Å²) >= 11 is 0. The summed E-state index contributed by atoms with van der Waals surface area (Å²) in [6.07, 6.45) is 6.50. The summed E-state index contributed by atoms with van der Waals surface area (Å²) in [5, 5.41) is 6.98. The number of amides is 1. The predicted molar refractivity (Wildman–Crippen MR) is 131 cm³/mol. The summed E-state index contributed by atoms with van der Waals surface area (Å²) in [5.74, 6) is 0.323. The van der Waals surface area contributed by atoms with E-state index < -0.39 is 10.0 Å². The van der Waals surface area contributed by atoms with Crippen molar-refractivity contribution in [3.05, 3.63) is 103 Å². The Morgan fingerprint density at radius 3 is 2.41 bits per heavy atom. The van der Waals surface area contributed by atoms with E-state index in [1.165, 1.54) is 18.2 Å². The van der Waals surface area contributed by atoms with Crippen LogP contribution in [0.2, 0.25) is 0 Å². The van der Waals surface area contributed by atoms with Gasteiger partial charge in [0.25, 0.3) is 10.0 Å². The van der Waals surface area contributed by atoms with E-state index in [1.54, 1.807) is 66.5 Å². The van der Waals surface area contributed by atoms with Gasteiger partial charge in [0.15, 0.2) is 0 Å². The minimum Gasteiger partial charge on any atom is -0.497 e. The van der Waals surface area contributed by atoms with Crippen LogP contribution in [-0.2, 0) is 14.8 Å². The number of nitrogens with zero attached hydrogens (tertiary/aromatic N) is 2.